The summed E-state index contributed by atoms with van der Waals surface area (Å²) in [6.45, 7) is 3.34. The molecule has 144 valence electrons. The molecule has 0 aliphatic rings. The van der Waals surface area contributed by atoms with Crippen molar-refractivity contribution in [3.63, 3.8) is 0 Å². The maximum Gasteiger partial charge on any atom is 0.344 e. The van der Waals surface area contributed by atoms with Gasteiger partial charge in [0.2, 0.25) is 0 Å². The van der Waals surface area contributed by atoms with Crippen molar-refractivity contribution >= 4 is 5.97 Å². The molecule has 0 radical (unpaired) electrons. The first-order valence-corrected chi connectivity index (χ1v) is 10.1. The molecule has 2 aromatic carbocycles. The molecule has 0 amide bonds. The van der Waals surface area contributed by atoms with Crippen LogP contribution < -0.4 is 4.57 Å². The Labute approximate surface area is 167 Å². The van der Waals surface area contributed by atoms with Gasteiger partial charge in [0.25, 0.3) is 0 Å². The summed E-state index contributed by atoms with van der Waals surface area (Å²) in [5, 5.41) is 0. The number of carbonyl (C=O) groups excluding carboxylic acids is 1. The van der Waals surface area contributed by atoms with Gasteiger partial charge in [0.1, 0.15) is 12.1 Å². The Morgan fingerprint density at radius 1 is 0.893 bits per heavy atom. The lowest BCUT2D eigenvalue weighted by molar-refractivity contribution is -0.693. The lowest BCUT2D eigenvalue weighted by Crippen LogP contribution is -2.32. The fourth-order valence-corrected chi connectivity index (χ4v) is 3.26. The van der Waals surface area contributed by atoms with Crippen molar-refractivity contribution in [2.45, 2.75) is 39.2 Å². The van der Waals surface area contributed by atoms with Gasteiger partial charge in [0, 0.05) is 11.6 Å². The maximum atomic E-state index is 12.7. The van der Waals surface area contributed by atoms with E-state index in [1.165, 1.54) is 5.56 Å². The fourth-order valence-electron chi connectivity index (χ4n) is 3.26. The second-order valence-corrected chi connectivity index (χ2v) is 6.90. The van der Waals surface area contributed by atoms with E-state index in [1.807, 2.05) is 59.4 Å². The number of carbonyl (C=O) groups is 1. The van der Waals surface area contributed by atoms with E-state index in [9.17, 15) is 4.79 Å². The van der Waals surface area contributed by atoms with Crippen molar-refractivity contribution in [1.82, 2.24) is 0 Å². The predicted molar refractivity (Wildman–Crippen MR) is 112 cm³/mol. The molecule has 0 aliphatic carbocycles. The molecule has 0 aliphatic heterocycles. The molecule has 3 aromatic rings. The molecule has 0 unspecified atom stereocenters. The zero-order valence-corrected chi connectivity index (χ0v) is 16.5. The van der Waals surface area contributed by atoms with Crippen LogP contribution in [0.1, 0.15) is 42.1 Å². The third-order valence-corrected chi connectivity index (χ3v) is 4.87. The molecular weight excluding hydrogens is 346 g/mol. The highest BCUT2D eigenvalue weighted by molar-refractivity contribution is 5.96. The highest BCUT2D eigenvalue weighted by Crippen LogP contribution is 2.23. The number of hydrogen-bond acceptors (Lipinski definition) is 2. The number of unbranched alkanes of at least 4 members (excludes halogenated alkanes) is 2. The van der Waals surface area contributed by atoms with E-state index in [0.717, 1.165) is 43.4 Å². The van der Waals surface area contributed by atoms with Gasteiger partial charge in [-0.1, -0.05) is 60.7 Å². The van der Waals surface area contributed by atoms with Crippen LogP contribution in [0.2, 0.25) is 0 Å². The number of nitrogens with zero attached hydrogens (tertiary/aromatic N) is 1. The minimum absolute atomic E-state index is 0.246. The molecule has 3 rings (SSSR count). The summed E-state index contributed by atoms with van der Waals surface area (Å²) in [6.07, 6.45) is 8.01. The molecule has 3 nitrogen and oxygen atoms in total. The van der Waals surface area contributed by atoms with Gasteiger partial charge in [-0.25, -0.2) is 9.36 Å². The van der Waals surface area contributed by atoms with Crippen LogP contribution >= 0.6 is 0 Å². The lowest BCUT2D eigenvalue weighted by atomic mass is 10.0. The number of hydrogen-bond donors (Lipinski definition) is 0. The summed E-state index contributed by atoms with van der Waals surface area (Å²) in [5.74, 6) is -0.246. The van der Waals surface area contributed by atoms with E-state index in [1.54, 1.807) is 0 Å². The van der Waals surface area contributed by atoms with Crippen LogP contribution in [0.25, 0.3) is 11.1 Å². The minimum atomic E-state index is -0.246. The zero-order valence-electron chi connectivity index (χ0n) is 16.5. The van der Waals surface area contributed by atoms with Gasteiger partial charge < -0.3 is 4.74 Å². The summed E-state index contributed by atoms with van der Waals surface area (Å²) < 4.78 is 7.59. The highest BCUT2D eigenvalue weighted by Gasteiger charge is 2.18. The summed E-state index contributed by atoms with van der Waals surface area (Å²) in [4.78, 5) is 12.7. The van der Waals surface area contributed by atoms with Crippen LogP contribution in [0.5, 0.6) is 0 Å². The number of aromatic nitrogens is 1. The highest BCUT2D eigenvalue weighted by atomic mass is 16.5. The monoisotopic (exact) mass is 374 g/mol. The van der Waals surface area contributed by atoms with E-state index in [0.29, 0.717) is 12.2 Å². The summed E-state index contributed by atoms with van der Waals surface area (Å²) in [7, 11) is 0. The third-order valence-electron chi connectivity index (χ3n) is 4.87. The van der Waals surface area contributed by atoms with Crippen LogP contribution in [0.4, 0.5) is 0 Å². The number of benzene rings is 2. The molecule has 0 saturated heterocycles. The number of esters is 1. The molecular formula is C25H28NO2+. The zero-order chi connectivity index (χ0) is 19.6. The molecule has 0 N–H and O–H groups in total. The quantitative estimate of drug-likeness (QED) is 0.292. The van der Waals surface area contributed by atoms with Crippen LogP contribution in [0.3, 0.4) is 0 Å². The second kappa shape index (κ2) is 10.4. The topological polar surface area (TPSA) is 30.2 Å². The van der Waals surface area contributed by atoms with Gasteiger partial charge in [-0.15, -0.1) is 0 Å². The summed E-state index contributed by atoms with van der Waals surface area (Å²) >= 11 is 0. The standard InChI is InChI=1S/C25H28NO2/c1-2-26-18-17-23(22-15-9-4-10-16-22)24(20-26)25(27)28-19-11-5-8-14-21-12-6-3-7-13-21/h3-4,6-7,9-10,12-13,15-18,20H,2,5,8,11,14,19H2,1H3/q+1. The van der Waals surface area contributed by atoms with Crippen molar-refractivity contribution in [3.05, 3.63) is 90.3 Å². The van der Waals surface area contributed by atoms with Gasteiger partial charge in [-0.05, 0) is 43.7 Å². The van der Waals surface area contributed by atoms with Crippen molar-refractivity contribution < 1.29 is 14.1 Å². The Hall–Kier alpha value is -2.94. The smallest absolute Gasteiger partial charge is 0.344 e. The summed E-state index contributed by atoms with van der Waals surface area (Å²) in [5.41, 5.74) is 3.93. The normalized spacial score (nSPS) is 10.6. The van der Waals surface area contributed by atoms with Gasteiger partial charge in [-0.2, -0.15) is 0 Å². The van der Waals surface area contributed by atoms with Crippen molar-refractivity contribution in [1.29, 1.82) is 0 Å². The van der Waals surface area contributed by atoms with Crippen molar-refractivity contribution in [3.8, 4) is 11.1 Å². The van der Waals surface area contributed by atoms with E-state index < -0.39 is 0 Å². The Morgan fingerprint density at radius 2 is 1.61 bits per heavy atom. The molecule has 0 bridgehead atoms. The lowest BCUT2D eigenvalue weighted by Gasteiger charge is -2.09. The molecule has 0 spiro atoms. The van der Waals surface area contributed by atoms with Crippen LogP contribution in [0, 0.1) is 0 Å². The first-order valence-electron chi connectivity index (χ1n) is 10.1. The Balaban J connectivity index is 1.55. The Morgan fingerprint density at radius 3 is 2.32 bits per heavy atom. The molecule has 0 fully saturated rings. The van der Waals surface area contributed by atoms with E-state index >= 15 is 0 Å². The molecule has 0 atom stereocenters. The van der Waals surface area contributed by atoms with Crippen LogP contribution in [-0.2, 0) is 17.7 Å². The molecule has 1 heterocycles. The average molecular weight is 375 g/mol. The first kappa shape index (κ1) is 19.8. The average Bonchev–Trinajstić information content (AvgIpc) is 2.77. The fraction of sp³-hybridized carbons (Fsp3) is 0.280. The van der Waals surface area contributed by atoms with Crippen molar-refractivity contribution in [2.24, 2.45) is 0 Å². The largest absolute Gasteiger partial charge is 0.462 e. The number of ether oxygens (including phenoxy) is 1. The van der Waals surface area contributed by atoms with Crippen LogP contribution in [0.15, 0.2) is 79.1 Å². The minimum Gasteiger partial charge on any atom is -0.462 e. The van der Waals surface area contributed by atoms with Gasteiger partial charge in [-0.3, -0.25) is 0 Å². The Bertz CT molecular complexity index is 876. The third kappa shape index (κ3) is 5.53. The summed E-state index contributed by atoms with van der Waals surface area (Å²) in [6, 6.07) is 22.5. The van der Waals surface area contributed by atoms with Gasteiger partial charge >= 0.3 is 5.97 Å². The second-order valence-electron chi connectivity index (χ2n) is 6.90. The van der Waals surface area contributed by atoms with Crippen LogP contribution in [-0.4, -0.2) is 12.6 Å². The van der Waals surface area contributed by atoms with Gasteiger partial charge in [0.15, 0.2) is 12.4 Å². The Kier molecular flexibility index (Phi) is 7.36. The number of pyridine rings is 1. The van der Waals surface area contributed by atoms with E-state index in [4.69, 9.17) is 4.74 Å². The van der Waals surface area contributed by atoms with E-state index in [-0.39, 0.29) is 5.97 Å². The number of rotatable bonds is 9. The van der Waals surface area contributed by atoms with Gasteiger partial charge in [0.05, 0.1) is 6.61 Å². The molecule has 1 aromatic heterocycles. The molecule has 3 heteroatoms. The predicted octanol–water partition coefficient (Wildman–Crippen LogP) is 5.23. The SMILES string of the molecule is CC[n+]1ccc(-c2ccccc2)c(C(=O)OCCCCCc2ccccc2)c1. The van der Waals surface area contributed by atoms with E-state index in [2.05, 4.69) is 31.2 Å². The maximum absolute atomic E-state index is 12.7. The first-order chi connectivity index (χ1) is 13.8. The van der Waals surface area contributed by atoms with Crippen molar-refractivity contribution in [2.75, 3.05) is 6.61 Å². The molecule has 0 saturated carbocycles. The molecule has 28 heavy (non-hydrogen) atoms. The number of aryl methyl sites for hydroxylation is 2.